The highest BCUT2D eigenvalue weighted by molar-refractivity contribution is 6.04. The second-order valence-corrected chi connectivity index (χ2v) is 10.2. The number of hydrogen-bond acceptors (Lipinski definition) is 1. The molecule has 0 fully saturated rings. The number of allylic oxidation sites excluding steroid dienone is 5. The van der Waals surface area contributed by atoms with Crippen LogP contribution < -0.4 is 4.90 Å². The van der Waals surface area contributed by atoms with Crippen LogP contribution >= 0.6 is 0 Å². The van der Waals surface area contributed by atoms with Crippen molar-refractivity contribution in [1.82, 2.24) is 0 Å². The average Bonchev–Trinajstić information content (AvgIpc) is 2.95. The molecule has 0 aliphatic heterocycles. The summed E-state index contributed by atoms with van der Waals surface area (Å²) in [5.74, 6) is 0. The van der Waals surface area contributed by atoms with Crippen molar-refractivity contribution in [1.29, 1.82) is 0 Å². The van der Waals surface area contributed by atoms with Gasteiger partial charge in [-0.3, -0.25) is 0 Å². The van der Waals surface area contributed by atoms with Crippen molar-refractivity contribution in [3.8, 4) is 0 Å². The van der Waals surface area contributed by atoms with Crippen molar-refractivity contribution in [2.24, 2.45) is 0 Å². The smallest absolute Gasteiger partial charge is 0.199 e. The summed E-state index contributed by atoms with van der Waals surface area (Å²) in [6, 6.07) is 20.2. The van der Waals surface area contributed by atoms with Gasteiger partial charge in [-0.2, -0.15) is 0 Å². The van der Waals surface area contributed by atoms with Gasteiger partial charge < -0.3 is 4.90 Å². The Bertz CT molecular complexity index is 1020. The predicted molar refractivity (Wildman–Crippen MR) is 164 cm³/mol. The molecule has 1 aliphatic rings. The molecule has 0 bridgehead atoms. The van der Waals surface area contributed by atoms with Gasteiger partial charge in [-0.15, -0.1) is 0 Å². The van der Waals surface area contributed by atoms with E-state index in [0.29, 0.717) is 0 Å². The van der Waals surface area contributed by atoms with Gasteiger partial charge in [0, 0.05) is 43.8 Å². The van der Waals surface area contributed by atoms with Gasteiger partial charge in [0.2, 0.25) is 0 Å². The fraction of sp³-hybridized carbons (Fsp3) is 0.457. The third-order valence-electron chi connectivity index (χ3n) is 7.23. The topological polar surface area (TPSA) is 6.25 Å². The lowest BCUT2D eigenvalue weighted by Gasteiger charge is -2.25. The van der Waals surface area contributed by atoms with Gasteiger partial charge >= 0.3 is 0 Å². The van der Waals surface area contributed by atoms with Crippen LogP contribution in [0.3, 0.4) is 0 Å². The Morgan fingerprint density at radius 1 is 0.595 bits per heavy atom. The largest absolute Gasteiger partial charge is 0.372 e. The maximum absolute atomic E-state index is 2.56. The summed E-state index contributed by atoms with van der Waals surface area (Å²) in [4.78, 5) is 2.56. The molecular formula is C35H49N2+. The minimum absolute atomic E-state index is 1.14. The number of anilines is 1. The summed E-state index contributed by atoms with van der Waals surface area (Å²) in [5, 5.41) is 0. The number of rotatable bonds is 15. The van der Waals surface area contributed by atoms with Gasteiger partial charge in [0.25, 0.3) is 0 Å². The van der Waals surface area contributed by atoms with E-state index in [0.717, 1.165) is 26.2 Å². The zero-order valence-electron chi connectivity index (χ0n) is 23.9. The SMILES string of the molecule is CCCCN(CCCC)c1ccc(C(=C2C=CC(=[N+](CCCC)CCCC)C=C2)c2ccccc2)cc1. The molecule has 2 aromatic carbocycles. The van der Waals surface area contributed by atoms with Crippen LogP contribution in [-0.2, 0) is 0 Å². The van der Waals surface area contributed by atoms with Crippen LogP contribution in [0.1, 0.15) is 90.2 Å². The van der Waals surface area contributed by atoms with E-state index in [1.807, 2.05) is 0 Å². The zero-order valence-corrected chi connectivity index (χ0v) is 23.9. The molecule has 2 heteroatoms. The van der Waals surface area contributed by atoms with Crippen LogP contribution in [0.2, 0.25) is 0 Å². The number of hydrogen-bond donors (Lipinski definition) is 0. The third kappa shape index (κ3) is 8.59. The number of unbranched alkanes of at least 4 members (excludes halogenated alkanes) is 4. The quantitative estimate of drug-likeness (QED) is 0.222. The molecule has 0 unspecified atom stereocenters. The second-order valence-electron chi connectivity index (χ2n) is 10.2. The monoisotopic (exact) mass is 497 g/mol. The first-order valence-corrected chi connectivity index (χ1v) is 14.8. The van der Waals surface area contributed by atoms with Crippen LogP contribution in [0.25, 0.3) is 5.57 Å². The summed E-state index contributed by atoms with van der Waals surface area (Å²) >= 11 is 0. The highest BCUT2D eigenvalue weighted by Gasteiger charge is 2.16. The summed E-state index contributed by atoms with van der Waals surface area (Å²) in [5.41, 5.74) is 7.82. The number of benzene rings is 2. The van der Waals surface area contributed by atoms with E-state index in [9.17, 15) is 0 Å². The molecule has 1 aliphatic carbocycles. The van der Waals surface area contributed by atoms with Crippen LogP contribution in [-0.4, -0.2) is 36.5 Å². The molecule has 37 heavy (non-hydrogen) atoms. The molecule has 3 rings (SSSR count). The van der Waals surface area contributed by atoms with Gasteiger partial charge in [0.05, 0.1) is 0 Å². The first-order chi connectivity index (χ1) is 18.2. The molecule has 0 heterocycles. The Morgan fingerprint density at radius 2 is 1.11 bits per heavy atom. The lowest BCUT2D eigenvalue weighted by atomic mass is 9.90. The normalized spacial score (nSPS) is 12.8. The second kappa shape index (κ2) is 16.1. The Kier molecular flexibility index (Phi) is 12.5. The van der Waals surface area contributed by atoms with Crippen molar-refractivity contribution in [3.63, 3.8) is 0 Å². The fourth-order valence-electron chi connectivity index (χ4n) is 4.92. The first-order valence-electron chi connectivity index (χ1n) is 14.8. The van der Waals surface area contributed by atoms with Crippen molar-refractivity contribution < 1.29 is 4.58 Å². The lowest BCUT2D eigenvalue weighted by molar-refractivity contribution is -0.527. The van der Waals surface area contributed by atoms with E-state index in [4.69, 9.17) is 0 Å². The molecule has 0 atom stereocenters. The maximum atomic E-state index is 2.56. The Labute approximate surface area is 227 Å². The van der Waals surface area contributed by atoms with Crippen molar-refractivity contribution in [2.45, 2.75) is 79.1 Å². The van der Waals surface area contributed by atoms with E-state index in [1.165, 1.54) is 85.0 Å². The summed E-state index contributed by atoms with van der Waals surface area (Å²) < 4.78 is 2.56. The van der Waals surface area contributed by atoms with Crippen LogP contribution in [0.5, 0.6) is 0 Å². The van der Waals surface area contributed by atoms with Crippen LogP contribution in [0.4, 0.5) is 5.69 Å². The van der Waals surface area contributed by atoms with E-state index >= 15 is 0 Å². The number of nitrogens with zero attached hydrogens (tertiary/aromatic N) is 2. The first kappa shape index (κ1) is 28.7. The maximum Gasteiger partial charge on any atom is 0.199 e. The lowest BCUT2D eigenvalue weighted by Crippen LogP contribution is -2.25. The Balaban J connectivity index is 1.96. The Morgan fingerprint density at radius 3 is 1.62 bits per heavy atom. The molecule has 0 spiro atoms. The van der Waals surface area contributed by atoms with Crippen molar-refractivity contribution in [2.75, 3.05) is 31.1 Å². The van der Waals surface area contributed by atoms with Gasteiger partial charge in [0.15, 0.2) is 5.71 Å². The highest BCUT2D eigenvalue weighted by atomic mass is 15.1. The van der Waals surface area contributed by atoms with Gasteiger partial charge in [0.1, 0.15) is 13.1 Å². The fourth-order valence-corrected chi connectivity index (χ4v) is 4.92. The molecule has 0 saturated heterocycles. The van der Waals surface area contributed by atoms with Gasteiger partial charge in [-0.1, -0.05) is 95.8 Å². The molecule has 0 aromatic heterocycles. The van der Waals surface area contributed by atoms with Gasteiger partial charge in [-0.05, 0) is 59.4 Å². The molecular weight excluding hydrogens is 448 g/mol. The molecule has 0 N–H and O–H groups in total. The summed E-state index contributed by atoms with van der Waals surface area (Å²) in [6.07, 6.45) is 19.2. The van der Waals surface area contributed by atoms with E-state index in [2.05, 4.69) is 116 Å². The minimum atomic E-state index is 1.14. The molecule has 198 valence electrons. The molecule has 0 saturated carbocycles. The average molecular weight is 498 g/mol. The van der Waals surface area contributed by atoms with E-state index in [1.54, 1.807) is 0 Å². The molecule has 2 nitrogen and oxygen atoms in total. The van der Waals surface area contributed by atoms with Crippen LogP contribution in [0.15, 0.2) is 84.5 Å². The zero-order chi connectivity index (χ0) is 26.3. The van der Waals surface area contributed by atoms with E-state index in [-0.39, 0.29) is 0 Å². The van der Waals surface area contributed by atoms with E-state index < -0.39 is 0 Å². The van der Waals surface area contributed by atoms with Crippen LogP contribution in [0, 0.1) is 0 Å². The molecule has 2 aromatic rings. The van der Waals surface area contributed by atoms with Crippen molar-refractivity contribution in [3.05, 3.63) is 95.6 Å². The summed E-state index contributed by atoms with van der Waals surface area (Å²) in [7, 11) is 0. The molecule has 0 radical (unpaired) electrons. The minimum Gasteiger partial charge on any atom is -0.372 e. The highest BCUT2D eigenvalue weighted by Crippen LogP contribution is 2.31. The van der Waals surface area contributed by atoms with Crippen molar-refractivity contribution >= 4 is 17.0 Å². The standard InChI is InChI=1S/C35H49N2/c1-5-9-26-36(27-10-6-2)33-22-18-31(19-23-33)35(30-16-14-13-15-17-30)32-20-24-34(25-21-32)37(28-11-7-3)29-12-8-4/h13-25H,5-12,26-29H2,1-4H3/q+1. The predicted octanol–water partition coefficient (Wildman–Crippen LogP) is 9.07. The van der Waals surface area contributed by atoms with Gasteiger partial charge in [-0.25, -0.2) is 4.58 Å². The molecule has 0 amide bonds. The Hall–Kier alpha value is -2.87. The summed E-state index contributed by atoms with van der Waals surface area (Å²) in [6.45, 7) is 13.7. The third-order valence-corrected chi connectivity index (χ3v) is 7.23.